The van der Waals surface area contributed by atoms with E-state index in [4.69, 9.17) is 4.99 Å². The number of fused-ring (bicyclic) bond motifs is 6. The second-order valence-electron chi connectivity index (χ2n) is 7.85. The van der Waals surface area contributed by atoms with E-state index in [-0.39, 0.29) is 46.5 Å². The van der Waals surface area contributed by atoms with Crippen molar-refractivity contribution in [3.8, 4) is 0 Å². The Hall–Kier alpha value is -3.49. The van der Waals surface area contributed by atoms with E-state index < -0.39 is 5.97 Å². The highest BCUT2D eigenvalue weighted by molar-refractivity contribution is 5.88. The number of rotatable bonds is 2. The highest BCUT2D eigenvalue weighted by atomic mass is 16.4. The first-order chi connectivity index (χ1) is 14.1. The Morgan fingerprint density at radius 3 is 2.86 bits per heavy atom. The van der Waals surface area contributed by atoms with E-state index in [1.165, 1.54) is 5.57 Å². The summed E-state index contributed by atoms with van der Waals surface area (Å²) >= 11 is 0. The molecule has 0 amide bonds. The lowest BCUT2D eigenvalue weighted by molar-refractivity contribution is 0.0689. The number of nitrogens with zero attached hydrogens (tertiary/aromatic N) is 6. The molecule has 5 heterocycles. The van der Waals surface area contributed by atoms with Crippen LogP contribution < -0.4 is 10.8 Å². The smallest absolute Gasteiger partial charge is 0.356 e. The predicted molar refractivity (Wildman–Crippen MR) is 102 cm³/mol. The molecule has 2 N–H and O–H groups in total. The van der Waals surface area contributed by atoms with Gasteiger partial charge in [0.05, 0.1) is 18.3 Å². The highest BCUT2D eigenvalue weighted by Crippen LogP contribution is 2.40. The van der Waals surface area contributed by atoms with Crippen LogP contribution in [0.1, 0.15) is 23.3 Å². The minimum absolute atomic E-state index is 0.0167. The van der Waals surface area contributed by atoms with Crippen molar-refractivity contribution in [2.45, 2.75) is 31.0 Å². The van der Waals surface area contributed by atoms with Crippen molar-refractivity contribution >= 4 is 17.8 Å². The van der Waals surface area contributed by atoms with Gasteiger partial charge in [-0.2, -0.15) is 4.99 Å². The molecule has 9 nitrogen and oxygen atoms in total. The number of aliphatic imine (C=N–C) groups is 1. The summed E-state index contributed by atoms with van der Waals surface area (Å²) in [5, 5.41) is 20.3. The van der Waals surface area contributed by atoms with Gasteiger partial charge in [0.2, 0.25) is 11.8 Å². The molecule has 0 radical (unpaired) electrons. The molecule has 0 fully saturated rings. The average molecular weight is 390 g/mol. The standard InChI is InChI=1S/C20H18N6O3/c27-18-16-17(21-8-12(22-16)19(28)29)24-20-23-15(14-7-10-5-6-25(14)9-10)11-3-1-2-4-13(11)26(18)20/h1-2,5-8,11,13-15,27H,3-4,9H2,(H,28,29). The van der Waals surface area contributed by atoms with Gasteiger partial charge in [0, 0.05) is 24.7 Å². The molecule has 1 aliphatic carbocycles. The topological polar surface area (TPSA) is 115 Å². The quantitative estimate of drug-likeness (QED) is 0.680. The van der Waals surface area contributed by atoms with Gasteiger partial charge in [-0.25, -0.2) is 19.8 Å². The van der Waals surface area contributed by atoms with Crippen molar-refractivity contribution in [3.63, 3.8) is 0 Å². The van der Waals surface area contributed by atoms with Gasteiger partial charge in [0.1, 0.15) is 0 Å². The number of aliphatic hydroxyl groups is 1. The van der Waals surface area contributed by atoms with E-state index in [1.54, 1.807) is 4.90 Å². The molecule has 0 spiro atoms. The number of guanidine groups is 1. The maximum Gasteiger partial charge on any atom is 0.356 e. The molecule has 1 aromatic rings. The lowest BCUT2D eigenvalue weighted by Gasteiger charge is -2.46. The molecule has 2 bridgehead atoms. The Morgan fingerprint density at radius 2 is 2.10 bits per heavy atom. The maximum absolute atomic E-state index is 11.3. The number of hydrogen-bond donors (Lipinski definition) is 2. The van der Waals surface area contributed by atoms with E-state index in [9.17, 15) is 15.0 Å². The van der Waals surface area contributed by atoms with Crippen molar-refractivity contribution in [2.24, 2.45) is 15.9 Å². The summed E-state index contributed by atoms with van der Waals surface area (Å²) < 4.78 is 0. The summed E-state index contributed by atoms with van der Waals surface area (Å²) in [6, 6.07) is 0.179. The molecule has 0 aromatic carbocycles. The van der Waals surface area contributed by atoms with Crippen molar-refractivity contribution in [3.05, 3.63) is 58.8 Å². The fourth-order valence-corrected chi connectivity index (χ4v) is 4.95. The van der Waals surface area contributed by atoms with Crippen molar-refractivity contribution in [1.29, 1.82) is 0 Å². The number of allylic oxidation sites excluding steroid dienone is 1. The second kappa shape index (κ2) is 5.76. The van der Waals surface area contributed by atoms with Crippen LogP contribution in [0.4, 0.5) is 0 Å². The van der Waals surface area contributed by atoms with Crippen molar-refractivity contribution in [2.75, 3.05) is 6.54 Å². The zero-order valence-electron chi connectivity index (χ0n) is 15.4. The fourth-order valence-electron chi connectivity index (χ4n) is 4.95. The normalized spacial score (nSPS) is 31.0. The number of aromatic carboxylic acids is 1. The van der Waals surface area contributed by atoms with Crippen molar-refractivity contribution < 1.29 is 15.0 Å². The monoisotopic (exact) mass is 390 g/mol. The SMILES string of the molecule is O=C(O)c1cnc2c(n1)=C(O)N1C(=NC(C3C=C4C=CN3C4)C3CC=CCC31)N=2. The first kappa shape index (κ1) is 16.5. The first-order valence-electron chi connectivity index (χ1n) is 9.65. The van der Waals surface area contributed by atoms with E-state index >= 15 is 0 Å². The number of carboxylic acid groups (broad SMARTS) is 1. The van der Waals surface area contributed by atoms with Gasteiger partial charge in [-0.15, -0.1) is 0 Å². The van der Waals surface area contributed by atoms with Crippen molar-refractivity contribution in [1.82, 2.24) is 19.8 Å². The van der Waals surface area contributed by atoms with Crippen LogP contribution in [0.25, 0.3) is 5.88 Å². The number of aromatic nitrogens is 2. The number of aliphatic hydroxyl groups excluding tert-OH is 1. The van der Waals surface area contributed by atoms with Crippen LogP contribution in [0.3, 0.4) is 0 Å². The molecule has 0 saturated heterocycles. The van der Waals surface area contributed by atoms with Gasteiger partial charge in [0.25, 0.3) is 0 Å². The largest absolute Gasteiger partial charge is 0.493 e. The summed E-state index contributed by atoms with van der Waals surface area (Å²) in [5.74, 6) is -0.705. The molecule has 4 aliphatic heterocycles. The van der Waals surface area contributed by atoms with Crippen LogP contribution >= 0.6 is 0 Å². The maximum atomic E-state index is 11.3. The molecule has 29 heavy (non-hydrogen) atoms. The molecule has 4 unspecified atom stereocenters. The summed E-state index contributed by atoms with van der Waals surface area (Å²) in [4.78, 5) is 32.9. The third-order valence-electron chi connectivity index (χ3n) is 6.28. The molecular formula is C20H18N6O3. The third-order valence-corrected chi connectivity index (χ3v) is 6.28. The van der Waals surface area contributed by atoms with E-state index in [0.29, 0.717) is 5.96 Å². The van der Waals surface area contributed by atoms with Gasteiger partial charge >= 0.3 is 5.97 Å². The zero-order chi connectivity index (χ0) is 19.7. The first-order valence-corrected chi connectivity index (χ1v) is 9.65. The zero-order valence-corrected chi connectivity index (χ0v) is 15.4. The lowest BCUT2D eigenvalue weighted by atomic mass is 9.78. The minimum Gasteiger partial charge on any atom is -0.493 e. The molecule has 5 aliphatic rings. The fraction of sp³-hybridized carbons (Fsp3) is 0.350. The van der Waals surface area contributed by atoms with Crippen LogP contribution in [0.5, 0.6) is 0 Å². The van der Waals surface area contributed by atoms with E-state index in [2.05, 4.69) is 50.4 Å². The Labute approximate surface area is 165 Å². The molecule has 4 atom stereocenters. The van der Waals surface area contributed by atoms with Gasteiger partial charge in [0.15, 0.2) is 16.5 Å². The molecule has 1 aromatic heterocycles. The molecular weight excluding hydrogens is 372 g/mol. The summed E-state index contributed by atoms with van der Waals surface area (Å²) in [5.41, 5.74) is 1.28. The van der Waals surface area contributed by atoms with E-state index in [1.807, 2.05) is 0 Å². The van der Waals surface area contributed by atoms with Crippen LogP contribution in [0, 0.1) is 5.92 Å². The van der Waals surface area contributed by atoms with Gasteiger partial charge in [-0.05, 0) is 24.5 Å². The Bertz CT molecular complexity index is 1180. The van der Waals surface area contributed by atoms with E-state index in [0.717, 1.165) is 25.6 Å². The Balaban J connectivity index is 1.51. The van der Waals surface area contributed by atoms with Crippen LogP contribution in [-0.2, 0) is 0 Å². The van der Waals surface area contributed by atoms with Gasteiger partial charge in [-0.1, -0.05) is 18.2 Å². The minimum atomic E-state index is -1.20. The Kier molecular flexibility index (Phi) is 3.27. The summed E-state index contributed by atoms with van der Waals surface area (Å²) in [6.07, 6.45) is 13.6. The Morgan fingerprint density at radius 1 is 1.24 bits per heavy atom. The molecule has 146 valence electrons. The third kappa shape index (κ3) is 2.30. The van der Waals surface area contributed by atoms with Crippen LogP contribution in [-0.4, -0.2) is 66.6 Å². The number of carbonyl (C=O) groups is 1. The highest BCUT2D eigenvalue weighted by Gasteiger charge is 2.47. The second-order valence-corrected chi connectivity index (χ2v) is 7.85. The van der Waals surface area contributed by atoms with Crippen LogP contribution in [0.15, 0.2) is 52.3 Å². The summed E-state index contributed by atoms with van der Waals surface area (Å²) in [6.45, 7) is 0.920. The molecule has 0 saturated carbocycles. The predicted octanol–water partition coefficient (Wildman–Crippen LogP) is -0.0554. The summed E-state index contributed by atoms with van der Waals surface area (Å²) in [7, 11) is 0. The van der Waals surface area contributed by atoms with Crippen LogP contribution in [0.2, 0.25) is 0 Å². The average Bonchev–Trinajstić information content (AvgIpc) is 3.36. The lowest BCUT2D eigenvalue weighted by Crippen LogP contribution is -2.59. The molecule has 9 heteroatoms. The van der Waals surface area contributed by atoms with Gasteiger partial charge in [-0.3, -0.25) is 4.90 Å². The number of hydrogen-bond acceptors (Lipinski definition) is 8. The molecule has 6 rings (SSSR count). The number of carboxylic acids is 1. The van der Waals surface area contributed by atoms with Gasteiger partial charge < -0.3 is 15.1 Å².